The van der Waals surface area contributed by atoms with Crippen molar-refractivity contribution in [3.8, 4) is 17.4 Å². The Morgan fingerprint density at radius 2 is 1.93 bits per heavy atom. The number of ether oxygens (including phenoxy) is 2. The van der Waals surface area contributed by atoms with Crippen LogP contribution in [-0.4, -0.2) is 23.1 Å². The number of carbonyl (C=O) groups excluding carboxylic acids is 1. The molecule has 0 unspecified atom stereocenters. The summed E-state index contributed by atoms with van der Waals surface area (Å²) in [7, 11) is 1.52. The number of anilines is 3. The first kappa shape index (κ1) is 20.0. The Labute approximate surface area is 172 Å². The number of hydrogen-bond acceptors (Lipinski definition) is 6. The largest absolute Gasteiger partial charge is 0.495 e. The third kappa shape index (κ3) is 4.74. The minimum atomic E-state index is -0.470. The predicted molar refractivity (Wildman–Crippen MR) is 114 cm³/mol. The molecule has 148 valence electrons. The van der Waals surface area contributed by atoms with Gasteiger partial charge in [-0.05, 0) is 24.3 Å². The lowest BCUT2D eigenvalue weighted by Gasteiger charge is -2.13. The molecule has 1 heterocycles. The topological polar surface area (TPSA) is 111 Å². The zero-order valence-electron chi connectivity index (χ0n) is 15.5. The molecule has 0 spiro atoms. The molecule has 8 nitrogen and oxygen atoms in total. The first-order valence-electron chi connectivity index (χ1n) is 8.43. The predicted octanol–water partition coefficient (Wildman–Crippen LogP) is 4.80. The monoisotopic (exact) mass is 411 g/mol. The summed E-state index contributed by atoms with van der Waals surface area (Å²) in [4.78, 5) is 20.2. The van der Waals surface area contributed by atoms with Gasteiger partial charge in [0.25, 0.3) is 0 Å². The number of carbonyl (C=O) groups is 1. The van der Waals surface area contributed by atoms with Gasteiger partial charge >= 0.3 is 6.03 Å². The molecule has 0 bridgehead atoms. The lowest BCUT2D eigenvalue weighted by Crippen LogP contribution is -2.20. The van der Waals surface area contributed by atoms with E-state index >= 15 is 0 Å². The summed E-state index contributed by atoms with van der Waals surface area (Å²) in [6.07, 6.45) is 2.79. The number of amides is 2. The van der Waals surface area contributed by atoms with E-state index < -0.39 is 6.03 Å². The number of nitrogen functional groups attached to an aromatic ring is 1. The summed E-state index contributed by atoms with van der Waals surface area (Å²) in [6.45, 7) is 3.68. The van der Waals surface area contributed by atoms with E-state index in [1.165, 1.54) is 19.5 Å². The quantitative estimate of drug-likeness (QED) is 0.537. The number of rotatable bonds is 6. The molecule has 3 rings (SSSR count). The fraction of sp³-hybridized carbons (Fsp3) is 0.0500. The summed E-state index contributed by atoms with van der Waals surface area (Å²) < 4.78 is 10.9. The summed E-state index contributed by atoms with van der Waals surface area (Å²) in [5, 5.41) is 5.66. The van der Waals surface area contributed by atoms with Gasteiger partial charge in [0, 0.05) is 6.07 Å². The van der Waals surface area contributed by atoms with Crippen molar-refractivity contribution >= 4 is 40.9 Å². The molecule has 0 aliphatic heterocycles. The summed E-state index contributed by atoms with van der Waals surface area (Å²) in [6, 6.07) is 11.4. The molecule has 2 aromatic carbocycles. The molecule has 0 radical (unpaired) electrons. The summed E-state index contributed by atoms with van der Waals surface area (Å²) in [5.74, 6) is 1.45. The smallest absolute Gasteiger partial charge is 0.323 e. The zero-order valence-corrected chi connectivity index (χ0v) is 16.2. The minimum absolute atomic E-state index is 0.248. The molecule has 0 aliphatic carbocycles. The van der Waals surface area contributed by atoms with Crippen molar-refractivity contribution in [2.45, 2.75) is 0 Å². The standard InChI is InChI=1S/C20H18ClN5O3/c1-3-13-18(22)23-11-24-19(13)29-12-8-9-15(14(21)10-12)25-20(27)26-16-6-4-5-7-17(16)28-2/h3-11H,1H2,2H3,(H2,22,23,24)(H2,25,26,27). The van der Waals surface area contributed by atoms with Gasteiger partial charge in [-0.3, -0.25) is 0 Å². The van der Waals surface area contributed by atoms with Gasteiger partial charge in [-0.25, -0.2) is 14.8 Å². The number of benzene rings is 2. The molecule has 0 fully saturated rings. The van der Waals surface area contributed by atoms with Crippen molar-refractivity contribution in [1.29, 1.82) is 0 Å². The highest BCUT2D eigenvalue weighted by Crippen LogP contribution is 2.32. The maximum atomic E-state index is 12.3. The molecule has 29 heavy (non-hydrogen) atoms. The van der Waals surface area contributed by atoms with Crippen molar-refractivity contribution < 1.29 is 14.3 Å². The van der Waals surface area contributed by atoms with Crippen LogP contribution in [0.3, 0.4) is 0 Å². The number of hydrogen-bond donors (Lipinski definition) is 3. The van der Waals surface area contributed by atoms with Gasteiger partial charge in [-0.1, -0.05) is 36.4 Å². The van der Waals surface area contributed by atoms with Crippen molar-refractivity contribution in [3.63, 3.8) is 0 Å². The maximum Gasteiger partial charge on any atom is 0.323 e. The third-order valence-electron chi connectivity index (χ3n) is 3.84. The molecule has 1 aromatic heterocycles. The van der Waals surface area contributed by atoms with Gasteiger partial charge in [0.2, 0.25) is 5.88 Å². The second kappa shape index (κ2) is 8.94. The van der Waals surface area contributed by atoms with E-state index in [1.807, 2.05) is 0 Å². The van der Waals surface area contributed by atoms with Crippen LogP contribution in [0.15, 0.2) is 55.4 Å². The average molecular weight is 412 g/mol. The number of aromatic nitrogens is 2. The molecule has 4 N–H and O–H groups in total. The Morgan fingerprint density at radius 3 is 2.66 bits per heavy atom. The number of nitrogens with two attached hydrogens (primary N) is 1. The fourth-order valence-corrected chi connectivity index (χ4v) is 2.68. The van der Waals surface area contributed by atoms with E-state index in [1.54, 1.807) is 42.5 Å². The third-order valence-corrected chi connectivity index (χ3v) is 4.15. The average Bonchev–Trinajstić information content (AvgIpc) is 2.70. The normalized spacial score (nSPS) is 10.1. The Kier molecular flexibility index (Phi) is 6.16. The first-order valence-corrected chi connectivity index (χ1v) is 8.81. The molecule has 0 atom stereocenters. The van der Waals surface area contributed by atoms with Crippen molar-refractivity contribution in [1.82, 2.24) is 9.97 Å². The number of urea groups is 1. The van der Waals surface area contributed by atoms with Crippen LogP contribution in [0.25, 0.3) is 6.08 Å². The molecular formula is C20H18ClN5O3. The van der Waals surface area contributed by atoms with Gasteiger partial charge in [0.05, 0.1) is 29.1 Å². The Balaban J connectivity index is 1.72. The fourth-order valence-electron chi connectivity index (χ4n) is 2.46. The van der Waals surface area contributed by atoms with E-state index in [0.29, 0.717) is 28.4 Å². The van der Waals surface area contributed by atoms with Crippen molar-refractivity contribution in [2.24, 2.45) is 0 Å². The Hall–Kier alpha value is -3.78. The summed E-state index contributed by atoms with van der Waals surface area (Å²) >= 11 is 6.28. The molecule has 3 aromatic rings. The minimum Gasteiger partial charge on any atom is -0.495 e. The lowest BCUT2D eigenvalue weighted by molar-refractivity contribution is 0.262. The molecule has 0 aliphatic rings. The van der Waals surface area contributed by atoms with E-state index in [9.17, 15) is 4.79 Å². The second-order valence-corrected chi connectivity index (χ2v) is 6.11. The van der Waals surface area contributed by atoms with Crippen LogP contribution < -0.4 is 25.8 Å². The highest BCUT2D eigenvalue weighted by Gasteiger charge is 2.12. The van der Waals surface area contributed by atoms with Crippen LogP contribution in [0.5, 0.6) is 17.4 Å². The van der Waals surface area contributed by atoms with Gasteiger partial charge in [-0.2, -0.15) is 0 Å². The molecule has 0 saturated heterocycles. The maximum absolute atomic E-state index is 12.3. The van der Waals surface area contributed by atoms with E-state index in [4.69, 9.17) is 26.8 Å². The number of methoxy groups -OCH3 is 1. The van der Waals surface area contributed by atoms with Crippen LogP contribution in [0.4, 0.5) is 22.0 Å². The zero-order chi connectivity index (χ0) is 20.8. The highest BCUT2D eigenvalue weighted by molar-refractivity contribution is 6.34. The van der Waals surface area contributed by atoms with E-state index in [0.717, 1.165) is 0 Å². The number of para-hydroxylation sites is 2. The Morgan fingerprint density at radius 1 is 1.17 bits per heavy atom. The molecular weight excluding hydrogens is 394 g/mol. The van der Waals surface area contributed by atoms with Crippen LogP contribution in [0, 0.1) is 0 Å². The SMILES string of the molecule is C=Cc1c(N)ncnc1Oc1ccc(NC(=O)Nc2ccccc2OC)c(Cl)c1. The number of nitrogens with zero attached hydrogens (tertiary/aromatic N) is 2. The van der Waals surface area contributed by atoms with Crippen LogP contribution in [-0.2, 0) is 0 Å². The van der Waals surface area contributed by atoms with Crippen LogP contribution in [0.2, 0.25) is 5.02 Å². The molecule has 9 heteroatoms. The molecule has 0 saturated carbocycles. The van der Waals surface area contributed by atoms with E-state index in [2.05, 4.69) is 27.2 Å². The van der Waals surface area contributed by atoms with Crippen molar-refractivity contribution in [3.05, 3.63) is 66.0 Å². The summed E-state index contributed by atoms with van der Waals surface area (Å²) in [5.41, 5.74) is 7.19. The van der Waals surface area contributed by atoms with Gasteiger partial charge in [-0.15, -0.1) is 0 Å². The van der Waals surface area contributed by atoms with Crippen LogP contribution >= 0.6 is 11.6 Å². The number of nitrogens with one attached hydrogen (secondary N) is 2. The van der Waals surface area contributed by atoms with Gasteiger partial charge < -0.3 is 25.8 Å². The number of halogens is 1. The van der Waals surface area contributed by atoms with Crippen LogP contribution in [0.1, 0.15) is 5.56 Å². The van der Waals surface area contributed by atoms with E-state index in [-0.39, 0.29) is 16.7 Å². The van der Waals surface area contributed by atoms with Crippen molar-refractivity contribution in [2.75, 3.05) is 23.5 Å². The highest BCUT2D eigenvalue weighted by atomic mass is 35.5. The lowest BCUT2D eigenvalue weighted by atomic mass is 10.2. The Bertz CT molecular complexity index is 1060. The second-order valence-electron chi connectivity index (χ2n) is 5.70. The first-order chi connectivity index (χ1) is 14.0. The van der Waals surface area contributed by atoms with Gasteiger partial charge in [0.15, 0.2) is 0 Å². The van der Waals surface area contributed by atoms with Gasteiger partial charge in [0.1, 0.15) is 23.6 Å². The molecule has 2 amide bonds.